The number of hydrogen-bond donors (Lipinski definition) is 0. The van der Waals surface area contributed by atoms with Crippen molar-refractivity contribution in [2.24, 2.45) is 0 Å². The fraction of sp³-hybridized carbons (Fsp3) is 0.0714. The van der Waals surface area contributed by atoms with Crippen LogP contribution in [0, 0.1) is 18.3 Å². The molecule has 0 bridgehead atoms. The minimum absolute atomic E-state index is 0.0250. The van der Waals surface area contributed by atoms with Crippen LogP contribution in [-0.4, -0.2) is 8.42 Å². The fourth-order valence-corrected chi connectivity index (χ4v) is 3.13. The van der Waals surface area contributed by atoms with E-state index in [1.807, 2.05) is 6.92 Å². The van der Waals surface area contributed by atoms with Crippen LogP contribution >= 0.6 is 23.2 Å². The number of aryl methyl sites for hydroxylation is 1. The van der Waals surface area contributed by atoms with E-state index in [1.165, 1.54) is 24.3 Å². The molecule has 0 spiro atoms. The summed E-state index contributed by atoms with van der Waals surface area (Å²) in [7, 11) is -4.08. The molecule has 0 aliphatic heterocycles. The molecule has 21 heavy (non-hydrogen) atoms. The normalized spacial score (nSPS) is 11.0. The second kappa shape index (κ2) is 5.94. The van der Waals surface area contributed by atoms with Crippen molar-refractivity contribution in [3.63, 3.8) is 0 Å². The molecule has 0 heterocycles. The van der Waals surface area contributed by atoms with Gasteiger partial charge in [-0.05, 0) is 31.2 Å². The Morgan fingerprint density at radius 2 is 1.76 bits per heavy atom. The van der Waals surface area contributed by atoms with E-state index in [0.717, 1.165) is 5.56 Å². The lowest BCUT2D eigenvalue weighted by Gasteiger charge is -2.10. The van der Waals surface area contributed by atoms with Crippen LogP contribution in [-0.2, 0) is 10.1 Å². The Bertz CT molecular complexity index is 825. The predicted octanol–water partition coefficient (Wildman–Crippen LogP) is 3.94. The minimum Gasteiger partial charge on any atom is -0.376 e. The summed E-state index contributed by atoms with van der Waals surface area (Å²) in [5.74, 6) is -0.232. The highest BCUT2D eigenvalue weighted by Crippen LogP contribution is 2.34. The SMILES string of the molecule is Cc1ccc(S(=O)(=O)Oc2c(Cl)cc(Cl)cc2C#N)cc1. The molecule has 0 saturated carbocycles. The summed E-state index contributed by atoms with van der Waals surface area (Å²) < 4.78 is 29.4. The van der Waals surface area contributed by atoms with Crippen LogP contribution in [0.3, 0.4) is 0 Å². The van der Waals surface area contributed by atoms with Crippen LogP contribution in [0.25, 0.3) is 0 Å². The Balaban J connectivity index is 2.47. The maximum absolute atomic E-state index is 12.2. The van der Waals surface area contributed by atoms with Gasteiger partial charge in [-0.2, -0.15) is 13.7 Å². The summed E-state index contributed by atoms with van der Waals surface area (Å²) in [4.78, 5) is -0.0250. The van der Waals surface area contributed by atoms with Crippen LogP contribution in [0.5, 0.6) is 5.75 Å². The smallest absolute Gasteiger partial charge is 0.339 e. The van der Waals surface area contributed by atoms with Gasteiger partial charge in [-0.3, -0.25) is 0 Å². The van der Waals surface area contributed by atoms with Gasteiger partial charge in [0.2, 0.25) is 0 Å². The number of hydrogen-bond acceptors (Lipinski definition) is 4. The first-order chi connectivity index (χ1) is 9.83. The highest BCUT2D eigenvalue weighted by atomic mass is 35.5. The van der Waals surface area contributed by atoms with Gasteiger partial charge in [0.15, 0.2) is 5.75 Å². The van der Waals surface area contributed by atoms with E-state index < -0.39 is 10.1 Å². The maximum Gasteiger partial charge on any atom is 0.339 e. The lowest BCUT2D eigenvalue weighted by Crippen LogP contribution is -2.11. The van der Waals surface area contributed by atoms with Crippen molar-refractivity contribution in [2.45, 2.75) is 11.8 Å². The molecular formula is C14H9Cl2NO3S. The standard InChI is InChI=1S/C14H9Cl2NO3S/c1-9-2-4-12(5-3-9)21(18,19)20-14-10(8-17)6-11(15)7-13(14)16/h2-7H,1H3. The quantitative estimate of drug-likeness (QED) is 0.793. The molecule has 2 rings (SSSR count). The molecule has 2 aromatic carbocycles. The van der Waals surface area contributed by atoms with Crippen molar-refractivity contribution >= 4 is 33.3 Å². The van der Waals surface area contributed by atoms with Gasteiger partial charge in [0.25, 0.3) is 0 Å². The molecule has 0 atom stereocenters. The molecule has 0 amide bonds. The van der Waals surface area contributed by atoms with E-state index in [0.29, 0.717) is 0 Å². The molecule has 0 fully saturated rings. The van der Waals surface area contributed by atoms with Gasteiger partial charge in [0.1, 0.15) is 11.0 Å². The van der Waals surface area contributed by atoms with Crippen molar-refractivity contribution in [1.82, 2.24) is 0 Å². The first-order valence-corrected chi connectivity index (χ1v) is 7.90. The third-order valence-electron chi connectivity index (χ3n) is 2.63. The first kappa shape index (κ1) is 15.6. The molecule has 4 nitrogen and oxygen atoms in total. The second-order valence-corrected chi connectivity index (χ2v) is 6.62. The molecule has 108 valence electrons. The average molecular weight is 342 g/mol. The van der Waals surface area contributed by atoms with E-state index in [-0.39, 0.29) is 26.3 Å². The summed E-state index contributed by atoms with van der Waals surface area (Å²) in [5.41, 5.74) is 0.861. The van der Waals surface area contributed by atoms with E-state index in [4.69, 9.17) is 32.6 Å². The van der Waals surface area contributed by atoms with E-state index in [2.05, 4.69) is 0 Å². The number of rotatable bonds is 3. The van der Waals surface area contributed by atoms with Crippen molar-refractivity contribution in [3.8, 4) is 11.8 Å². The Labute approximate surface area is 132 Å². The van der Waals surface area contributed by atoms with E-state index in [9.17, 15) is 8.42 Å². The lowest BCUT2D eigenvalue weighted by atomic mass is 10.2. The Morgan fingerprint density at radius 3 is 2.33 bits per heavy atom. The zero-order valence-corrected chi connectivity index (χ0v) is 13.1. The summed E-state index contributed by atoms with van der Waals surface area (Å²) in [5, 5.41) is 9.20. The summed E-state index contributed by atoms with van der Waals surface area (Å²) in [6.45, 7) is 1.83. The molecule has 0 N–H and O–H groups in total. The number of halogens is 2. The monoisotopic (exact) mass is 341 g/mol. The van der Waals surface area contributed by atoms with Crippen LogP contribution in [0.4, 0.5) is 0 Å². The molecule has 7 heteroatoms. The van der Waals surface area contributed by atoms with E-state index in [1.54, 1.807) is 18.2 Å². The van der Waals surface area contributed by atoms with Crippen LogP contribution in [0.1, 0.15) is 11.1 Å². The first-order valence-electron chi connectivity index (χ1n) is 5.74. The molecule has 0 aromatic heterocycles. The number of nitriles is 1. The summed E-state index contributed by atoms with van der Waals surface area (Å²) in [6, 6.07) is 10.5. The van der Waals surface area contributed by atoms with E-state index >= 15 is 0 Å². The highest BCUT2D eigenvalue weighted by Gasteiger charge is 2.21. The van der Waals surface area contributed by atoms with Crippen molar-refractivity contribution in [1.29, 1.82) is 5.26 Å². The third-order valence-corrected chi connectivity index (χ3v) is 4.37. The van der Waals surface area contributed by atoms with Gasteiger partial charge in [-0.1, -0.05) is 40.9 Å². The molecule has 0 aliphatic rings. The van der Waals surface area contributed by atoms with Gasteiger partial charge in [0.05, 0.1) is 10.6 Å². The summed E-state index contributed by atoms with van der Waals surface area (Å²) >= 11 is 11.7. The molecular weight excluding hydrogens is 333 g/mol. The Morgan fingerprint density at radius 1 is 1.14 bits per heavy atom. The molecule has 0 aliphatic carbocycles. The van der Waals surface area contributed by atoms with Crippen LogP contribution in [0.2, 0.25) is 10.0 Å². The fourth-order valence-electron chi connectivity index (χ4n) is 1.59. The third kappa shape index (κ3) is 3.48. The zero-order valence-electron chi connectivity index (χ0n) is 10.8. The molecule has 2 aromatic rings. The van der Waals surface area contributed by atoms with Crippen molar-refractivity contribution in [2.75, 3.05) is 0 Å². The molecule has 0 radical (unpaired) electrons. The van der Waals surface area contributed by atoms with Crippen LogP contribution < -0.4 is 4.18 Å². The largest absolute Gasteiger partial charge is 0.376 e. The van der Waals surface area contributed by atoms with Gasteiger partial charge in [-0.15, -0.1) is 0 Å². The predicted molar refractivity (Wildman–Crippen MR) is 80.2 cm³/mol. The number of benzene rings is 2. The lowest BCUT2D eigenvalue weighted by molar-refractivity contribution is 0.485. The van der Waals surface area contributed by atoms with Crippen molar-refractivity contribution in [3.05, 3.63) is 57.6 Å². The Hall–Kier alpha value is -1.74. The minimum atomic E-state index is -4.08. The molecule has 0 unspecified atom stereocenters. The highest BCUT2D eigenvalue weighted by molar-refractivity contribution is 7.87. The summed E-state index contributed by atoms with van der Waals surface area (Å²) in [6.07, 6.45) is 0. The average Bonchev–Trinajstić information content (AvgIpc) is 2.42. The Kier molecular flexibility index (Phi) is 4.43. The van der Waals surface area contributed by atoms with Crippen molar-refractivity contribution < 1.29 is 12.6 Å². The maximum atomic E-state index is 12.2. The topological polar surface area (TPSA) is 67.2 Å². The van der Waals surface area contributed by atoms with Gasteiger partial charge in [0, 0.05) is 5.02 Å². The molecule has 0 saturated heterocycles. The van der Waals surface area contributed by atoms with Gasteiger partial charge in [-0.25, -0.2) is 0 Å². The van der Waals surface area contributed by atoms with Gasteiger partial charge >= 0.3 is 10.1 Å². The number of nitrogens with zero attached hydrogens (tertiary/aromatic N) is 1. The second-order valence-electron chi connectivity index (χ2n) is 4.23. The zero-order chi connectivity index (χ0) is 15.6. The van der Waals surface area contributed by atoms with Crippen LogP contribution in [0.15, 0.2) is 41.3 Å². The van der Waals surface area contributed by atoms with Gasteiger partial charge < -0.3 is 4.18 Å².